The first-order valence-electron chi connectivity index (χ1n) is 8.03. The average molecular weight is 342 g/mol. The smallest absolute Gasteiger partial charge is 0.306 e. The molecule has 0 atom stereocenters. The maximum atomic E-state index is 11.0. The van der Waals surface area contributed by atoms with Crippen molar-refractivity contribution in [3.63, 3.8) is 0 Å². The zero-order valence-electron chi connectivity index (χ0n) is 13.1. The number of nitrogens with zero attached hydrogens (tertiary/aromatic N) is 3. The summed E-state index contributed by atoms with van der Waals surface area (Å²) in [4.78, 5) is 23.2. The summed E-state index contributed by atoms with van der Waals surface area (Å²) in [5, 5.41) is 13.3. The molecular weight excluding hydrogens is 324 g/mol. The second-order valence-electron chi connectivity index (χ2n) is 6.16. The predicted octanol–water partition coefficient (Wildman–Crippen LogP) is 2.98. The van der Waals surface area contributed by atoms with Gasteiger partial charge in [-0.3, -0.25) is 9.69 Å². The number of likely N-dealkylation sites (tertiary alicyclic amines) is 1. The monoisotopic (exact) mass is 342 g/mol. The largest absolute Gasteiger partial charge is 0.481 e. The van der Waals surface area contributed by atoms with Crippen LogP contribution in [0.1, 0.15) is 18.4 Å². The molecule has 2 aromatic rings. The van der Waals surface area contributed by atoms with Crippen molar-refractivity contribution in [3.05, 3.63) is 36.2 Å². The zero-order valence-corrected chi connectivity index (χ0v) is 13.9. The van der Waals surface area contributed by atoms with E-state index in [2.05, 4.69) is 38.4 Å². The lowest BCUT2D eigenvalue weighted by atomic mass is 9.97. The lowest BCUT2D eigenvalue weighted by Crippen LogP contribution is -2.35. The lowest BCUT2D eigenvalue weighted by molar-refractivity contribution is -0.143. The van der Waals surface area contributed by atoms with Crippen LogP contribution < -0.4 is 5.32 Å². The highest BCUT2D eigenvalue weighted by Gasteiger charge is 2.25. The van der Waals surface area contributed by atoms with Crippen LogP contribution in [0.4, 0.5) is 11.5 Å². The van der Waals surface area contributed by atoms with E-state index in [1.54, 1.807) is 24.2 Å². The van der Waals surface area contributed by atoms with Gasteiger partial charge >= 0.3 is 5.97 Å². The molecule has 0 saturated carbocycles. The van der Waals surface area contributed by atoms with Gasteiger partial charge in [0.25, 0.3) is 0 Å². The summed E-state index contributed by atoms with van der Waals surface area (Å²) in [6.07, 6.45) is 4.86. The van der Waals surface area contributed by atoms with Crippen LogP contribution >= 0.6 is 11.8 Å². The molecule has 24 heavy (non-hydrogen) atoms. The molecular formula is C17H18N4O2S. The molecule has 2 N–H and O–H groups in total. The molecule has 1 aromatic heterocycles. The summed E-state index contributed by atoms with van der Waals surface area (Å²) in [5.74, 6) is -0.0446. The summed E-state index contributed by atoms with van der Waals surface area (Å²) in [6, 6.07) is 6.41. The van der Waals surface area contributed by atoms with E-state index in [1.165, 1.54) is 5.56 Å². The Morgan fingerprint density at radius 3 is 2.88 bits per heavy atom. The molecule has 0 aliphatic carbocycles. The van der Waals surface area contributed by atoms with Crippen LogP contribution in [-0.4, -0.2) is 39.0 Å². The fourth-order valence-corrected chi connectivity index (χ4v) is 4.05. The van der Waals surface area contributed by atoms with E-state index < -0.39 is 5.97 Å². The number of rotatable bonds is 3. The second-order valence-corrected chi connectivity index (χ2v) is 7.19. The minimum Gasteiger partial charge on any atom is -0.481 e. The van der Waals surface area contributed by atoms with Crippen molar-refractivity contribution in [2.75, 3.05) is 18.4 Å². The van der Waals surface area contributed by atoms with Crippen LogP contribution in [0.15, 0.2) is 40.5 Å². The van der Waals surface area contributed by atoms with Crippen molar-refractivity contribution in [1.82, 2.24) is 14.9 Å². The van der Waals surface area contributed by atoms with E-state index in [0.717, 1.165) is 53.9 Å². The average Bonchev–Trinajstić information content (AvgIpc) is 2.60. The topological polar surface area (TPSA) is 78.4 Å². The van der Waals surface area contributed by atoms with Crippen molar-refractivity contribution < 1.29 is 9.90 Å². The van der Waals surface area contributed by atoms with E-state index in [1.807, 2.05) is 0 Å². The number of nitrogens with one attached hydrogen (secondary N) is 1. The first-order chi connectivity index (χ1) is 11.7. The molecule has 0 bridgehead atoms. The van der Waals surface area contributed by atoms with Gasteiger partial charge in [0.15, 0.2) is 5.82 Å². The summed E-state index contributed by atoms with van der Waals surface area (Å²) in [6.45, 7) is 2.52. The number of carboxylic acid groups (broad SMARTS) is 1. The molecule has 1 fully saturated rings. The first-order valence-corrected chi connectivity index (χ1v) is 8.84. The number of hydrogen-bond donors (Lipinski definition) is 2. The van der Waals surface area contributed by atoms with Crippen molar-refractivity contribution in [2.45, 2.75) is 29.3 Å². The second kappa shape index (κ2) is 6.41. The zero-order chi connectivity index (χ0) is 16.5. The Bertz CT molecular complexity index is 775. The van der Waals surface area contributed by atoms with Crippen LogP contribution in [-0.2, 0) is 11.3 Å². The number of aromatic nitrogens is 2. The Balaban J connectivity index is 1.45. The summed E-state index contributed by atoms with van der Waals surface area (Å²) >= 11 is 1.63. The number of carboxylic acids is 1. The van der Waals surface area contributed by atoms with E-state index in [0.29, 0.717) is 0 Å². The molecule has 2 aliphatic rings. The Morgan fingerprint density at radius 2 is 2.08 bits per heavy atom. The van der Waals surface area contributed by atoms with Gasteiger partial charge in [0, 0.05) is 23.8 Å². The van der Waals surface area contributed by atoms with E-state index >= 15 is 0 Å². The molecule has 6 nitrogen and oxygen atoms in total. The number of fused-ring (bicyclic) bond motifs is 2. The molecule has 0 radical (unpaired) electrons. The third-order valence-electron chi connectivity index (χ3n) is 4.51. The van der Waals surface area contributed by atoms with Gasteiger partial charge in [0.2, 0.25) is 0 Å². The van der Waals surface area contributed by atoms with Crippen LogP contribution in [0.3, 0.4) is 0 Å². The highest BCUT2D eigenvalue weighted by atomic mass is 32.2. The molecule has 0 spiro atoms. The molecule has 4 rings (SSSR count). The number of hydrogen-bond acceptors (Lipinski definition) is 6. The quantitative estimate of drug-likeness (QED) is 0.757. The molecule has 7 heteroatoms. The summed E-state index contributed by atoms with van der Waals surface area (Å²) in [5.41, 5.74) is 2.29. The van der Waals surface area contributed by atoms with Gasteiger partial charge in [0.1, 0.15) is 5.03 Å². The van der Waals surface area contributed by atoms with Crippen LogP contribution in [0.5, 0.6) is 0 Å². The molecule has 124 valence electrons. The lowest BCUT2D eigenvalue weighted by Gasteiger charge is -2.30. The van der Waals surface area contributed by atoms with Crippen LogP contribution in [0.2, 0.25) is 0 Å². The molecule has 0 amide bonds. The molecule has 2 aliphatic heterocycles. The van der Waals surface area contributed by atoms with Crippen molar-refractivity contribution >= 4 is 29.2 Å². The number of piperidine rings is 1. The maximum Gasteiger partial charge on any atom is 0.306 e. The van der Waals surface area contributed by atoms with Crippen molar-refractivity contribution in [2.24, 2.45) is 5.92 Å². The number of aliphatic carboxylic acids is 1. The van der Waals surface area contributed by atoms with Crippen molar-refractivity contribution in [1.29, 1.82) is 0 Å². The van der Waals surface area contributed by atoms with E-state index in [9.17, 15) is 4.79 Å². The number of benzene rings is 1. The number of anilines is 2. The first kappa shape index (κ1) is 15.4. The molecule has 1 aromatic carbocycles. The molecule has 1 saturated heterocycles. The highest BCUT2D eigenvalue weighted by Crippen LogP contribution is 2.42. The van der Waals surface area contributed by atoms with Gasteiger partial charge in [-0.25, -0.2) is 9.97 Å². The Labute approximate surface area is 144 Å². The SMILES string of the molecule is O=C(O)C1CCN(Cc2ccc3c(c2)Nc2nccnc2S3)CC1. The van der Waals surface area contributed by atoms with E-state index in [-0.39, 0.29) is 5.92 Å². The van der Waals surface area contributed by atoms with E-state index in [4.69, 9.17) is 5.11 Å². The van der Waals surface area contributed by atoms with Crippen LogP contribution in [0, 0.1) is 5.92 Å². The van der Waals surface area contributed by atoms with Gasteiger partial charge in [-0.05, 0) is 43.6 Å². The summed E-state index contributed by atoms with van der Waals surface area (Å²) < 4.78 is 0. The predicted molar refractivity (Wildman–Crippen MR) is 91.5 cm³/mol. The molecule has 0 unspecified atom stereocenters. The number of carbonyl (C=O) groups is 1. The fraction of sp³-hybridized carbons (Fsp3) is 0.353. The van der Waals surface area contributed by atoms with Gasteiger partial charge < -0.3 is 10.4 Å². The third-order valence-corrected chi connectivity index (χ3v) is 5.58. The Hall–Kier alpha value is -2.12. The molecule has 3 heterocycles. The maximum absolute atomic E-state index is 11.0. The Morgan fingerprint density at radius 1 is 1.29 bits per heavy atom. The third kappa shape index (κ3) is 3.09. The Kier molecular flexibility index (Phi) is 4.12. The van der Waals surface area contributed by atoms with Gasteiger partial charge in [0.05, 0.1) is 11.6 Å². The van der Waals surface area contributed by atoms with Gasteiger partial charge in [-0.1, -0.05) is 17.8 Å². The van der Waals surface area contributed by atoms with Gasteiger partial charge in [-0.15, -0.1) is 0 Å². The minimum atomic E-state index is -0.663. The standard InChI is InChI=1S/C17H18N4O2S/c22-17(23)12-3-7-21(8-4-12)10-11-1-2-14-13(9-11)20-15-16(24-14)19-6-5-18-15/h1-2,5-6,9,12H,3-4,7-8,10H2,(H,18,20)(H,22,23). The summed E-state index contributed by atoms with van der Waals surface area (Å²) in [7, 11) is 0. The fourth-order valence-electron chi connectivity index (χ4n) is 3.18. The van der Waals surface area contributed by atoms with Crippen LogP contribution in [0.25, 0.3) is 0 Å². The van der Waals surface area contributed by atoms with Crippen molar-refractivity contribution in [3.8, 4) is 0 Å². The van der Waals surface area contributed by atoms with Gasteiger partial charge in [-0.2, -0.15) is 0 Å². The normalized spacial score (nSPS) is 17.7. The highest BCUT2D eigenvalue weighted by molar-refractivity contribution is 7.99. The minimum absolute atomic E-state index is 0.182.